The summed E-state index contributed by atoms with van der Waals surface area (Å²) in [4.78, 5) is 0. The van der Waals surface area contributed by atoms with Crippen LogP contribution in [0.2, 0.25) is 15.1 Å². The van der Waals surface area contributed by atoms with Gasteiger partial charge in [0, 0.05) is 45.9 Å². The first-order valence-electron chi connectivity index (χ1n) is 8.30. The Hall–Kier alpha value is -0.970. The van der Waals surface area contributed by atoms with E-state index in [9.17, 15) is 0 Å². The number of halogens is 3. The van der Waals surface area contributed by atoms with Crippen molar-refractivity contribution in [1.29, 1.82) is 0 Å². The minimum atomic E-state index is 0.297. The highest BCUT2D eigenvalue weighted by molar-refractivity contribution is 6.36. The van der Waals surface area contributed by atoms with Crippen molar-refractivity contribution in [3.63, 3.8) is 0 Å². The molecule has 0 bridgehead atoms. The quantitative estimate of drug-likeness (QED) is 0.666. The summed E-state index contributed by atoms with van der Waals surface area (Å²) in [5, 5.41) is 5.29. The van der Waals surface area contributed by atoms with Gasteiger partial charge in [-0.05, 0) is 43.2 Å². The molecule has 0 aliphatic carbocycles. The van der Waals surface area contributed by atoms with Gasteiger partial charge in [-0.25, -0.2) is 0 Å². The maximum absolute atomic E-state index is 6.21. The van der Waals surface area contributed by atoms with Crippen LogP contribution >= 0.6 is 34.8 Å². The predicted molar refractivity (Wildman–Crippen MR) is 103 cm³/mol. The summed E-state index contributed by atoms with van der Waals surface area (Å²) < 4.78 is 11.6. The van der Waals surface area contributed by atoms with Crippen molar-refractivity contribution in [2.24, 2.45) is 0 Å². The van der Waals surface area contributed by atoms with Gasteiger partial charge >= 0.3 is 0 Å². The third-order valence-corrected chi connectivity index (χ3v) is 5.11. The molecule has 1 aliphatic rings. The highest BCUT2D eigenvalue weighted by Gasteiger charge is 2.15. The Bertz CT molecular complexity index is 698. The second-order valence-corrected chi connectivity index (χ2v) is 7.26. The van der Waals surface area contributed by atoms with Crippen molar-refractivity contribution < 1.29 is 9.47 Å². The van der Waals surface area contributed by atoms with E-state index in [4.69, 9.17) is 44.3 Å². The van der Waals surface area contributed by atoms with E-state index in [0.717, 1.165) is 42.9 Å². The van der Waals surface area contributed by atoms with E-state index in [1.165, 1.54) is 0 Å². The topological polar surface area (TPSA) is 30.5 Å². The first-order valence-corrected chi connectivity index (χ1v) is 9.43. The molecular weight excluding hydrogens is 381 g/mol. The van der Waals surface area contributed by atoms with Crippen molar-refractivity contribution in [3.8, 4) is 5.75 Å². The molecular formula is C19H20Cl3NO2. The fraction of sp³-hybridized carbons (Fsp3) is 0.368. The molecule has 134 valence electrons. The van der Waals surface area contributed by atoms with Crippen LogP contribution in [0, 0.1) is 0 Å². The van der Waals surface area contributed by atoms with Crippen molar-refractivity contribution >= 4 is 34.8 Å². The molecule has 0 spiro atoms. The van der Waals surface area contributed by atoms with Gasteiger partial charge in [0.15, 0.2) is 0 Å². The van der Waals surface area contributed by atoms with Crippen LogP contribution in [0.5, 0.6) is 5.75 Å². The normalized spacial score (nSPS) is 17.0. The molecule has 3 rings (SSSR count). The summed E-state index contributed by atoms with van der Waals surface area (Å²) in [6.45, 7) is 2.64. The molecule has 6 heteroatoms. The molecule has 1 atom stereocenters. The number of hydrogen-bond donors (Lipinski definition) is 1. The van der Waals surface area contributed by atoms with E-state index in [1.807, 2.05) is 24.3 Å². The van der Waals surface area contributed by atoms with E-state index in [-0.39, 0.29) is 0 Å². The van der Waals surface area contributed by atoms with Crippen molar-refractivity contribution in [3.05, 3.63) is 62.6 Å². The summed E-state index contributed by atoms with van der Waals surface area (Å²) in [6, 6.07) is 11.0. The van der Waals surface area contributed by atoms with Crippen LogP contribution in [0.15, 0.2) is 36.4 Å². The van der Waals surface area contributed by atoms with Gasteiger partial charge in [0.1, 0.15) is 12.4 Å². The first kappa shape index (κ1) is 18.8. The number of nitrogens with one attached hydrogen (secondary N) is 1. The fourth-order valence-electron chi connectivity index (χ4n) is 2.82. The maximum atomic E-state index is 6.21. The van der Waals surface area contributed by atoms with Gasteiger partial charge in [-0.2, -0.15) is 0 Å². The molecule has 25 heavy (non-hydrogen) atoms. The molecule has 0 aromatic heterocycles. The van der Waals surface area contributed by atoms with Crippen LogP contribution in [0.1, 0.15) is 24.0 Å². The highest BCUT2D eigenvalue weighted by Crippen LogP contribution is 2.28. The average molecular weight is 401 g/mol. The molecule has 0 amide bonds. The second kappa shape index (κ2) is 9.11. The first-order chi connectivity index (χ1) is 12.1. The van der Waals surface area contributed by atoms with Crippen molar-refractivity contribution in [2.45, 2.75) is 32.1 Å². The molecule has 0 radical (unpaired) electrons. The largest absolute Gasteiger partial charge is 0.488 e. The zero-order valence-corrected chi connectivity index (χ0v) is 16.0. The lowest BCUT2D eigenvalue weighted by atomic mass is 10.2. The molecule has 1 N–H and O–H groups in total. The van der Waals surface area contributed by atoms with E-state index >= 15 is 0 Å². The Morgan fingerprint density at radius 2 is 1.92 bits per heavy atom. The van der Waals surface area contributed by atoms with Gasteiger partial charge in [-0.1, -0.05) is 40.9 Å². The van der Waals surface area contributed by atoms with Gasteiger partial charge in [-0.3, -0.25) is 0 Å². The Morgan fingerprint density at radius 3 is 2.64 bits per heavy atom. The zero-order chi connectivity index (χ0) is 17.6. The van der Waals surface area contributed by atoms with Crippen LogP contribution in [-0.4, -0.2) is 19.3 Å². The van der Waals surface area contributed by atoms with Gasteiger partial charge in [0.05, 0.1) is 6.10 Å². The smallest absolute Gasteiger partial charge is 0.124 e. The fourth-order valence-corrected chi connectivity index (χ4v) is 3.52. The molecule has 0 saturated carbocycles. The van der Waals surface area contributed by atoms with Gasteiger partial charge in [-0.15, -0.1) is 0 Å². The summed E-state index contributed by atoms with van der Waals surface area (Å²) in [7, 11) is 0. The number of ether oxygens (including phenoxy) is 2. The molecule has 1 fully saturated rings. The molecule has 2 aromatic rings. The minimum Gasteiger partial charge on any atom is -0.488 e. The molecule has 0 unspecified atom stereocenters. The van der Waals surface area contributed by atoms with E-state index in [1.54, 1.807) is 12.1 Å². The standard InChI is InChI=1S/C19H20Cl3NO2/c20-14-6-7-19(25-12-16-17(21)4-1-5-18(16)22)13(9-14)10-23-11-15-3-2-8-24-15/h1,4-7,9,15,23H,2-3,8,10-12H2/t15-/m1/s1. The Kier molecular flexibility index (Phi) is 6.85. The molecule has 1 saturated heterocycles. The Labute approximate surface area is 163 Å². The van der Waals surface area contributed by atoms with Crippen LogP contribution in [0.25, 0.3) is 0 Å². The van der Waals surface area contributed by atoms with E-state index in [2.05, 4.69) is 5.32 Å². The highest BCUT2D eigenvalue weighted by atomic mass is 35.5. The zero-order valence-electron chi connectivity index (χ0n) is 13.7. The van der Waals surface area contributed by atoms with Crippen LogP contribution in [0.4, 0.5) is 0 Å². The predicted octanol–water partition coefficient (Wildman–Crippen LogP) is 5.49. The van der Waals surface area contributed by atoms with Gasteiger partial charge < -0.3 is 14.8 Å². The second-order valence-electron chi connectivity index (χ2n) is 6.01. The monoisotopic (exact) mass is 399 g/mol. The number of hydrogen-bond acceptors (Lipinski definition) is 3. The number of benzene rings is 2. The van der Waals surface area contributed by atoms with Gasteiger partial charge in [0.25, 0.3) is 0 Å². The van der Waals surface area contributed by atoms with Gasteiger partial charge in [0.2, 0.25) is 0 Å². The molecule has 3 nitrogen and oxygen atoms in total. The van der Waals surface area contributed by atoms with Crippen LogP contribution < -0.4 is 10.1 Å². The van der Waals surface area contributed by atoms with Crippen LogP contribution in [-0.2, 0) is 17.9 Å². The molecule has 2 aromatic carbocycles. The summed E-state index contributed by atoms with van der Waals surface area (Å²) in [5.74, 6) is 0.764. The summed E-state index contributed by atoms with van der Waals surface area (Å²) >= 11 is 18.6. The van der Waals surface area contributed by atoms with E-state index in [0.29, 0.717) is 34.3 Å². The molecule has 1 aliphatic heterocycles. The third kappa shape index (κ3) is 5.25. The summed E-state index contributed by atoms with van der Waals surface area (Å²) in [5.41, 5.74) is 1.77. The minimum absolute atomic E-state index is 0.297. The lowest BCUT2D eigenvalue weighted by Gasteiger charge is -2.15. The Morgan fingerprint density at radius 1 is 1.12 bits per heavy atom. The average Bonchev–Trinajstić information content (AvgIpc) is 3.09. The third-order valence-electron chi connectivity index (χ3n) is 4.17. The van der Waals surface area contributed by atoms with Crippen molar-refractivity contribution in [1.82, 2.24) is 5.32 Å². The SMILES string of the molecule is Clc1ccc(OCc2c(Cl)cccc2Cl)c(CNC[C@H]2CCCO2)c1. The molecule has 1 heterocycles. The Balaban J connectivity index is 1.64. The maximum Gasteiger partial charge on any atom is 0.124 e. The van der Waals surface area contributed by atoms with E-state index < -0.39 is 0 Å². The summed E-state index contributed by atoms with van der Waals surface area (Å²) in [6.07, 6.45) is 2.54. The van der Waals surface area contributed by atoms with Crippen LogP contribution in [0.3, 0.4) is 0 Å². The van der Waals surface area contributed by atoms with Crippen molar-refractivity contribution in [2.75, 3.05) is 13.2 Å². The lowest BCUT2D eigenvalue weighted by Crippen LogP contribution is -2.26. The lowest BCUT2D eigenvalue weighted by molar-refractivity contribution is 0.110. The number of rotatable bonds is 7.